The van der Waals surface area contributed by atoms with Crippen molar-refractivity contribution in [3.05, 3.63) is 35.4 Å². The van der Waals surface area contributed by atoms with Crippen LogP contribution in [0.5, 0.6) is 0 Å². The number of carbonyl (C=O) groups excluding carboxylic acids is 1. The quantitative estimate of drug-likeness (QED) is 0.833. The molecule has 0 aromatic heterocycles. The molecule has 2 atom stereocenters. The number of ether oxygens (including phenoxy) is 1. The van der Waals surface area contributed by atoms with Crippen LogP contribution in [0.15, 0.2) is 24.3 Å². The summed E-state index contributed by atoms with van der Waals surface area (Å²) in [5.41, 5.74) is 2.26. The zero-order chi connectivity index (χ0) is 13.0. The molecule has 3 nitrogen and oxygen atoms in total. The first-order valence-corrected chi connectivity index (χ1v) is 6.60. The van der Waals surface area contributed by atoms with E-state index in [0.29, 0.717) is 0 Å². The Hall–Kier alpha value is -1.35. The van der Waals surface area contributed by atoms with Crippen LogP contribution in [0.3, 0.4) is 0 Å². The third-order valence-corrected chi connectivity index (χ3v) is 3.64. The van der Waals surface area contributed by atoms with Gasteiger partial charge in [0, 0.05) is 6.04 Å². The number of hydrogen-bond donors (Lipinski definition) is 1. The lowest BCUT2D eigenvalue weighted by Crippen LogP contribution is -2.42. The van der Waals surface area contributed by atoms with Gasteiger partial charge in [-0.15, -0.1) is 0 Å². The first-order valence-electron chi connectivity index (χ1n) is 6.60. The Bertz CT molecular complexity index is 393. The second-order valence-electron chi connectivity index (χ2n) is 4.97. The normalized spacial score (nSPS) is 21.3. The van der Waals surface area contributed by atoms with Gasteiger partial charge in [0.2, 0.25) is 0 Å². The van der Waals surface area contributed by atoms with Crippen molar-refractivity contribution in [2.75, 3.05) is 13.7 Å². The summed E-state index contributed by atoms with van der Waals surface area (Å²) >= 11 is 0. The van der Waals surface area contributed by atoms with Gasteiger partial charge in [-0.1, -0.05) is 36.2 Å². The predicted octanol–water partition coefficient (Wildman–Crippen LogP) is 2.39. The molecule has 3 heteroatoms. The summed E-state index contributed by atoms with van der Waals surface area (Å²) in [7, 11) is 1.46. The van der Waals surface area contributed by atoms with Gasteiger partial charge < -0.3 is 10.1 Å². The Labute approximate surface area is 109 Å². The smallest absolute Gasteiger partial charge is 0.314 e. The van der Waals surface area contributed by atoms with E-state index in [4.69, 9.17) is 4.74 Å². The molecule has 1 aliphatic heterocycles. The van der Waals surface area contributed by atoms with Crippen molar-refractivity contribution < 1.29 is 9.53 Å². The molecule has 0 radical (unpaired) electrons. The molecule has 1 saturated heterocycles. The fraction of sp³-hybridized carbons (Fsp3) is 0.533. The van der Waals surface area contributed by atoms with Crippen LogP contribution in [0.2, 0.25) is 0 Å². The maximum absolute atomic E-state index is 12.0. The molecule has 98 valence electrons. The van der Waals surface area contributed by atoms with Crippen LogP contribution in [0, 0.1) is 6.92 Å². The molecule has 1 N–H and O–H groups in total. The average Bonchev–Trinajstić information content (AvgIpc) is 2.42. The van der Waals surface area contributed by atoms with Gasteiger partial charge in [0.15, 0.2) is 0 Å². The summed E-state index contributed by atoms with van der Waals surface area (Å²) in [6.45, 7) is 3.04. The maximum Gasteiger partial charge on any atom is 0.314 e. The Morgan fingerprint density at radius 1 is 1.33 bits per heavy atom. The lowest BCUT2D eigenvalue weighted by Gasteiger charge is -2.30. The largest absolute Gasteiger partial charge is 0.469 e. The standard InChI is InChI=1S/C15H21NO2/c1-11-6-8-12(9-7-11)14(15(17)18-2)13-5-3-4-10-16-13/h6-9,13-14,16H,3-5,10H2,1-2H3/t13?,14-/m1/s1. The summed E-state index contributed by atoms with van der Waals surface area (Å²) in [5, 5.41) is 3.45. The lowest BCUT2D eigenvalue weighted by molar-refractivity contribution is -0.143. The lowest BCUT2D eigenvalue weighted by atomic mass is 9.86. The van der Waals surface area contributed by atoms with Gasteiger partial charge in [0.05, 0.1) is 13.0 Å². The van der Waals surface area contributed by atoms with Crippen molar-refractivity contribution in [1.29, 1.82) is 0 Å². The van der Waals surface area contributed by atoms with Crippen molar-refractivity contribution in [2.24, 2.45) is 0 Å². The summed E-state index contributed by atoms with van der Waals surface area (Å²) in [5.74, 6) is -0.325. The number of esters is 1. The molecule has 1 unspecified atom stereocenters. The minimum absolute atomic E-state index is 0.141. The zero-order valence-corrected chi connectivity index (χ0v) is 11.1. The van der Waals surface area contributed by atoms with Crippen molar-refractivity contribution >= 4 is 5.97 Å². The molecule has 2 rings (SSSR count). The molecule has 0 amide bonds. The van der Waals surface area contributed by atoms with Gasteiger partial charge in [0.1, 0.15) is 0 Å². The molecule has 18 heavy (non-hydrogen) atoms. The fourth-order valence-corrected chi connectivity index (χ4v) is 2.60. The van der Waals surface area contributed by atoms with E-state index in [0.717, 1.165) is 18.5 Å². The molecular formula is C15H21NO2. The number of aryl methyl sites for hydroxylation is 1. The zero-order valence-electron chi connectivity index (χ0n) is 11.1. The molecule has 1 aromatic rings. The van der Waals surface area contributed by atoms with Gasteiger partial charge in [-0.3, -0.25) is 4.79 Å². The van der Waals surface area contributed by atoms with Crippen LogP contribution in [0.1, 0.15) is 36.3 Å². The number of rotatable bonds is 3. The molecule has 0 spiro atoms. The molecule has 1 heterocycles. The Morgan fingerprint density at radius 2 is 2.06 bits per heavy atom. The van der Waals surface area contributed by atoms with Crippen molar-refractivity contribution in [3.8, 4) is 0 Å². The van der Waals surface area contributed by atoms with Crippen molar-refractivity contribution in [1.82, 2.24) is 5.32 Å². The third-order valence-electron chi connectivity index (χ3n) is 3.64. The molecule has 0 saturated carbocycles. The van der Waals surface area contributed by atoms with Crippen LogP contribution in [0.25, 0.3) is 0 Å². The summed E-state index contributed by atoms with van der Waals surface area (Å²) in [6.07, 6.45) is 3.41. The van der Waals surface area contributed by atoms with Crippen LogP contribution < -0.4 is 5.32 Å². The van der Waals surface area contributed by atoms with E-state index >= 15 is 0 Å². The van der Waals surface area contributed by atoms with E-state index in [9.17, 15) is 4.79 Å². The molecule has 0 bridgehead atoms. The van der Waals surface area contributed by atoms with Crippen molar-refractivity contribution in [2.45, 2.75) is 38.1 Å². The molecule has 1 fully saturated rings. The topological polar surface area (TPSA) is 38.3 Å². The van der Waals surface area contributed by atoms with Crippen molar-refractivity contribution in [3.63, 3.8) is 0 Å². The Morgan fingerprint density at radius 3 is 2.61 bits per heavy atom. The van der Waals surface area contributed by atoms with E-state index in [1.807, 2.05) is 24.3 Å². The SMILES string of the molecule is COC(=O)[C@H](c1ccc(C)cc1)C1CCCCN1. The maximum atomic E-state index is 12.0. The fourth-order valence-electron chi connectivity index (χ4n) is 2.60. The van der Waals surface area contributed by atoms with Crippen LogP contribution in [0.4, 0.5) is 0 Å². The number of hydrogen-bond acceptors (Lipinski definition) is 3. The van der Waals surface area contributed by atoms with E-state index in [1.165, 1.54) is 25.5 Å². The minimum atomic E-state index is -0.184. The molecular weight excluding hydrogens is 226 g/mol. The van der Waals surface area contributed by atoms with Gasteiger partial charge in [-0.05, 0) is 31.9 Å². The number of benzene rings is 1. The average molecular weight is 247 g/mol. The van der Waals surface area contributed by atoms with Crippen LogP contribution >= 0.6 is 0 Å². The Kier molecular flexibility index (Phi) is 4.37. The first-order chi connectivity index (χ1) is 8.72. The van der Waals surface area contributed by atoms with E-state index < -0.39 is 0 Å². The van der Waals surface area contributed by atoms with Gasteiger partial charge in [-0.2, -0.15) is 0 Å². The first kappa shape index (κ1) is 13.1. The monoisotopic (exact) mass is 247 g/mol. The van der Waals surface area contributed by atoms with Crippen LogP contribution in [-0.4, -0.2) is 25.7 Å². The summed E-state index contributed by atoms with van der Waals surface area (Å²) in [6, 6.07) is 8.37. The third kappa shape index (κ3) is 2.91. The van der Waals surface area contributed by atoms with Gasteiger partial charge in [-0.25, -0.2) is 0 Å². The minimum Gasteiger partial charge on any atom is -0.469 e. The predicted molar refractivity (Wildman–Crippen MR) is 71.6 cm³/mol. The van der Waals surface area contributed by atoms with E-state index in [-0.39, 0.29) is 17.9 Å². The summed E-state index contributed by atoms with van der Waals surface area (Å²) in [4.78, 5) is 12.0. The Balaban J connectivity index is 2.23. The highest BCUT2D eigenvalue weighted by Crippen LogP contribution is 2.26. The van der Waals surface area contributed by atoms with Gasteiger partial charge >= 0.3 is 5.97 Å². The second-order valence-corrected chi connectivity index (χ2v) is 4.97. The highest BCUT2D eigenvalue weighted by atomic mass is 16.5. The number of nitrogens with one attached hydrogen (secondary N) is 1. The number of piperidine rings is 1. The summed E-state index contributed by atoms with van der Waals surface area (Å²) < 4.78 is 4.97. The van der Waals surface area contributed by atoms with E-state index in [1.54, 1.807) is 0 Å². The van der Waals surface area contributed by atoms with E-state index in [2.05, 4.69) is 12.2 Å². The number of carbonyl (C=O) groups is 1. The highest BCUT2D eigenvalue weighted by Gasteiger charge is 2.31. The van der Waals surface area contributed by atoms with Crippen LogP contribution in [-0.2, 0) is 9.53 Å². The molecule has 0 aliphatic carbocycles. The second kappa shape index (κ2) is 6.01. The molecule has 1 aromatic carbocycles. The van der Waals surface area contributed by atoms with Gasteiger partial charge in [0.25, 0.3) is 0 Å². The highest BCUT2D eigenvalue weighted by molar-refractivity contribution is 5.79. The number of methoxy groups -OCH3 is 1. The molecule has 1 aliphatic rings.